The highest BCUT2D eigenvalue weighted by molar-refractivity contribution is 7.89. The summed E-state index contributed by atoms with van der Waals surface area (Å²) >= 11 is 0. The Kier molecular flexibility index (Phi) is 6.06. The SMILES string of the molecule is O=C(/C=C/C1=CCC(O)(NS(=O)(=O)c2ccc([N+](=O)[O-])cc2)C=C1)c1ccccc1. The molecule has 0 radical (unpaired) electrons. The van der Waals surface area contributed by atoms with Gasteiger partial charge in [-0.05, 0) is 29.9 Å². The van der Waals surface area contributed by atoms with Crippen LogP contribution in [0.5, 0.6) is 0 Å². The molecule has 1 atom stereocenters. The summed E-state index contributed by atoms with van der Waals surface area (Å²) in [5, 5.41) is 21.3. The number of aliphatic hydroxyl groups is 1. The lowest BCUT2D eigenvalue weighted by Gasteiger charge is -2.27. The molecule has 1 unspecified atom stereocenters. The number of hydrogen-bond acceptors (Lipinski definition) is 6. The molecule has 1 aliphatic rings. The largest absolute Gasteiger partial charge is 0.371 e. The lowest BCUT2D eigenvalue weighted by atomic mass is 9.99. The van der Waals surface area contributed by atoms with E-state index in [4.69, 9.17) is 0 Å². The molecule has 0 bridgehead atoms. The zero-order valence-electron chi connectivity index (χ0n) is 15.6. The number of carbonyl (C=O) groups excluding carboxylic acids is 1. The molecule has 2 N–H and O–H groups in total. The minimum Gasteiger partial charge on any atom is -0.371 e. The smallest absolute Gasteiger partial charge is 0.269 e. The van der Waals surface area contributed by atoms with Crippen LogP contribution in [0.15, 0.2) is 95.4 Å². The van der Waals surface area contributed by atoms with Gasteiger partial charge in [-0.2, -0.15) is 4.72 Å². The van der Waals surface area contributed by atoms with Crippen LogP contribution in [0.3, 0.4) is 0 Å². The predicted octanol–water partition coefficient (Wildman–Crippen LogP) is 2.89. The molecule has 0 spiro atoms. The summed E-state index contributed by atoms with van der Waals surface area (Å²) in [4.78, 5) is 22.0. The van der Waals surface area contributed by atoms with Gasteiger partial charge in [-0.15, -0.1) is 0 Å². The van der Waals surface area contributed by atoms with Crippen molar-refractivity contribution in [3.63, 3.8) is 0 Å². The maximum absolute atomic E-state index is 12.5. The van der Waals surface area contributed by atoms with Gasteiger partial charge in [-0.25, -0.2) is 8.42 Å². The molecule has 0 saturated carbocycles. The van der Waals surface area contributed by atoms with Gasteiger partial charge in [0.25, 0.3) is 5.69 Å². The molecule has 3 rings (SSSR count). The van der Waals surface area contributed by atoms with Crippen LogP contribution in [0.2, 0.25) is 0 Å². The van der Waals surface area contributed by atoms with E-state index in [-0.39, 0.29) is 22.8 Å². The fraction of sp³-hybridized carbons (Fsp3) is 0.0952. The molecule has 0 amide bonds. The number of sulfonamides is 1. The lowest BCUT2D eigenvalue weighted by molar-refractivity contribution is -0.384. The van der Waals surface area contributed by atoms with Crippen molar-refractivity contribution in [2.45, 2.75) is 17.0 Å². The summed E-state index contributed by atoms with van der Waals surface area (Å²) < 4.78 is 27.2. The highest BCUT2D eigenvalue weighted by Gasteiger charge is 2.31. The van der Waals surface area contributed by atoms with Gasteiger partial charge in [0.2, 0.25) is 10.0 Å². The number of nitrogens with one attached hydrogen (secondary N) is 1. The van der Waals surface area contributed by atoms with E-state index >= 15 is 0 Å². The highest BCUT2D eigenvalue weighted by atomic mass is 32.2. The molecule has 8 nitrogen and oxygen atoms in total. The number of nitro groups is 1. The van der Waals surface area contributed by atoms with Crippen LogP contribution in [-0.4, -0.2) is 30.0 Å². The van der Waals surface area contributed by atoms with Gasteiger partial charge in [0.15, 0.2) is 11.5 Å². The monoisotopic (exact) mass is 426 g/mol. The lowest BCUT2D eigenvalue weighted by Crippen LogP contribution is -2.47. The van der Waals surface area contributed by atoms with E-state index in [1.807, 2.05) is 6.07 Å². The molecule has 1 aliphatic carbocycles. The molecule has 0 fully saturated rings. The third-order valence-corrected chi connectivity index (χ3v) is 5.87. The molecule has 0 aliphatic heterocycles. The maximum Gasteiger partial charge on any atom is 0.269 e. The molecule has 2 aromatic carbocycles. The van der Waals surface area contributed by atoms with Crippen molar-refractivity contribution in [2.75, 3.05) is 0 Å². The highest BCUT2D eigenvalue weighted by Crippen LogP contribution is 2.23. The minimum atomic E-state index is -4.12. The fourth-order valence-electron chi connectivity index (χ4n) is 2.75. The van der Waals surface area contributed by atoms with E-state index in [0.717, 1.165) is 24.3 Å². The summed E-state index contributed by atoms with van der Waals surface area (Å²) in [6, 6.07) is 13.1. The summed E-state index contributed by atoms with van der Waals surface area (Å²) in [7, 11) is -4.12. The maximum atomic E-state index is 12.5. The Morgan fingerprint density at radius 1 is 1.13 bits per heavy atom. The number of hydrogen-bond donors (Lipinski definition) is 2. The zero-order valence-corrected chi connectivity index (χ0v) is 16.5. The van der Waals surface area contributed by atoms with Crippen LogP contribution < -0.4 is 4.72 Å². The van der Waals surface area contributed by atoms with Crippen molar-refractivity contribution >= 4 is 21.5 Å². The third kappa shape index (κ3) is 5.15. The van der Waals surface area contributed by atoms with Gasteiger partial charge in [-0.1, -0.05) is 48.6 Å². The average molecular weight is 426 g/mol. The van der Waals surface area contributed by atoms with Gasteiger partial charge >= 0.3 is 0 Å². The summed E-state index contributed by atoms with van der Waals surface area (Å²) in [6.07, 6.45) is 7.29. The Balaban J connectivity index is 1.67. The first-order chi connectivity index (χ1) is 14.2. The second kappa shape index (κ2) is 8.54. The van der Waals surface area contributed by atoms with E-state index in [9.17, 15) is 28.4 Å². The third-order valence-electron chi connectivity index (χ3n) is 4.35. The van der Waals surface area contributed by atoms with Crippen molar-refractivity contribution in [3.8, 4) is 0 Å². The Bertz CT molecular complexity index is 1150. The van der Waals surface area contributed by atoms with Crippen molar-refractivity contribution in [3.05, 3.63) is 106 Å². The van der Waals surface area contributed by atoms with Gasteiger partial charge in [0, 0.05) is 24.1 Å². The van der Waals surface area contributed by atoms with Crippen LogP contribution in [0.25, 0.3) is 0 Å². The van der Waals surface area contributed by atoms with Crippen LogP contribution in [0, 0.1) is 10.1 Å². The Labute approximate surface area is 173 Å². The Hall–Kier alpha value is -3.40. The van der Waals surface area contributed by atoms with Crippen molar-refractivity contribution in [1.82, 2.24) is 4.72 Å². The van der Waals surface area contributed by atoms with Gasteiger partial charge in [0.1, 0.15) is 0 Å². The topological polar surface area (TPSA) is 127 Å². The first-order valence-electron chi connectivity index (χ1n) is 8.86. The number of rotatable bonds is 7. The first kappa shape index (κ1) is 21.3. The van der Waals surface area contributed by atoms with Crippen molar-refractivity contribution in [1.29, 1.82) is 0 Å². The molecular weight excluding hydrogens is 408 g/mol. The van der Waals surface area contributed by atoms with Crippen LogP contribution in [0.4, 0.5) is 5.69 Å². The summed E-state index contributed by atoms with van der Waals surface area (Å²) in [5.74, 6) is -0.176. The molecule has 30 heavy (non-hydrogen) atoms. The zero-order chi connectivity index (χ0) is 21.8. The fourth-order valence-corrected chi connectivity index (χ4v) is 3.98. The standard InChI is InChI=1S/C21H18N2O6S/c24-20(17-4-2-1-3-5-17)11-6-16-12-14-21(25,15-13-16)22-30(28,29)19-9-7-18(8-10-19)23(26)27/h1-14,22,25H,15H2/b11-6+. The van der Waals surface area contributed by atoms with Gasteiger partial charge in [-0.3, -0.25) is 14.9 Å². The van der Waals surface area contributed by atoms with E-state index in [1.54, 1.807) is 36.4 Å². The van der Waals surface area contributed by atoms with Crippen molar-refractivity contribution in [2.24, 2.45) is 0 Å². The van der Waals surface area contributed by atoms with Crippen molar-refractivity contribution < 1.29 is 23.2 Å². The predicted molar refractivity (Wildman–Crippen MR) is 110 cm³/mol. The summed E-state index contributed by atoms with van der Waals surface area (Å²) in [6.45, 7) is 0. The number of carbonyl (C=O) groups is 1. The number of nitro benzene ring substituents is 1. The molecule has 0 heterocycles. The normalized spacial score (nSPS) is 18.9. The molecule has 0 aromatic heterocycles. The first-order valence-corrected chi connectivity index (χ1v) is 10.3. The number of allylic oxidation sites excluding steroid dienone is 4. The Morgan fingerprint density at radius 2 is 1.80 bits per heavy atom. The number of ketones is 1. The second-order valence-corrected chi connectivity index (χ2v) is 8.27. The minimum absolute atomic E-state index is 0.0606. The van der Waals surface area contributed by atoms with Gasteiger partial charge in [0.05, 0.1) is 9.82 Å². The second-order valence-electron chi connectivity index (χ2n) is 6.59. The molecule has 154 valence electrons. The molecule has 0 saturated heterocycles. The van der Waals surface area contributed by atoms with Crippen LogP contribution >= 0.6 is 0 Å². The van der Waals surface area contributed by atoms with E-state index in [0.29, 0.717) is 11.1 Å². The van der Waals surface area contributed by atoms with Gasteiger partial charge < -0.3 is 5.11 Å². The molecule has 9 heteroatoms. The van der Waals surface area contributed by atoms with Crippen LogP contribution in [0.1, 0.15) is 16.8 Å². The number of benzene rings is 2. The molecule has 2 aromatic rings. The van der Waals surface area contributed by atoms with Crippen LogP contribution in [-0.2, 0) is 10.0 Å². The number of non-ortho nitro benzene ring substituents is 1. The average Bonchev–Trinajstić information content (AvgIpc) is 2.73. The molecular formula is C21H18N2O6S. The Morgan fingerprint density at radius 3 is 2.37 bits per heavy atom. The van der Waals surface area contributed by atoms with E-state index in [1.165, 1.54) is 18.2 Å². The quantitative estimate of drug-likeness (QED) is 0.230. The van der Waals surface area contributed by atoms with E-state index < -0.39 is 20.7 Å². The summed E-state index contributed by atoms with van der Waals surface area (Å²) in [5.41, 5.74) is -0.920. The number of nitrogens with zero attached hydrogens (tertiary/aromatic N) is 1. The van der Waals surface area contributed by atoms with E-state index in [2.05, 4.69) is 4.72 Å².